The highest BCUT2D eigenvalue weighted by Crippen LogP contribution is 2.38. The zero-order valence-electron chi connectivity index (χ0n) is 18.5. The second kappa shape index (κ2) is 9.35. The minimum absolute atomic E-state index is 0.0240. The largest absolute Gasteiger partial charge is 0.480 e. The number of methoxy groups -OCH3 is 1. The summed E-state index contributed by atoms with van der Waals surface area (Å²) in [4.78, 5) is 34.1. The summed E-state index contributed by atoms with van der Waals surface area (Å²) in [6.07, 6.45) is 0.563. The molecule has 0 bridgehead atoms. The van der Waals surface area contributed by atoms with E-state index in [4.69, 9.17) is 16.3 Å². The van der Waals surface area contributed by atoms with Gasteiger partial charge in [0.1, 0.15) is 17.9 Å². The Morgan fingerprint density at radius 3 is 2.85 bits per heavy atom. The van der Waals surface area contributed by atoms with Crippen LogP contribution in [-0.4, -0.2) is 64.9 Å². The normalized spacial score (nSPS) is 24.9. The third-order valence-corrected chi connectivity index (χ3v) is 6.35. The van der Waals surface area contributed by atoms with E-state index in [1.165, 1.54) is 12.3 Å². The van der Waals surface area contributed by atoms with E-state index in [1.54, 1.807) is 5.38 Å². The molecule has 1 fully saturated rings. The number of esters is 1. The average molecular weight is 516 g/mol. The number of likely N-dealkylation sites (tertiary alicyclic amines) is 1. The topological polar surface area (TPSA) is 104 Å². The number of thiazole rings is 1. The van der Waals surface area contributed by atoms with Crippen molar-refractivity contribution in [2.24, 2.45) is 4.99 Å². The molecule has 0 radical (unpaired) electrons. The first-order chi connectivity index (χ1) is 16.4. The number of amidine groups is 1. The van der Waals surface area contributed by atoms with Crippen molar-refractivity contribution in [2.45, 2.75) is 24.4 Å². The molecule has 2 atom stereocenters. The number of carboxylic acid groups (broad SMARTS) is 1. The van der Waals surface area contributed by atoms with Gasteiger partial charge in [0, 0.05) is 40.8 Å². The van der Waals surface area contributed by atoms with Gasteiger partial charge < -0.3 is 15.2 Å². The monoisotopic (exact) mass is 515 g/mol. The molecule has 2 aliphatic heterocycles. The van der Waals surface area contributed by atoms with Gasteiger partial charge >= 0.3 is 11.9 Å². The van der Waals surface area contributed by atoms with Crippen molar-refractivity contribution in [2.75, 3.05) is 20.2 Å². The van der Waals surface area contributed by atoms with Gasteiger partial charge in [0.25, 0.3) is 5.92 Å². The number of rotatable bonds is 6. The van der Waals surface area contributed by atoms with E-state index in [0.29, 0.717) is 5.01 Å². The summed E-state index contributed by atoms with van der Waals surface area (Å²) in [6.45, 7) is -1.35. The molecule has 0 amide bonds. The number of aliphatic carboxylic acids is 1. The minimum atomic E-state index is -3.27. The number of carbonyl (C=O) groups excluding carboxylic acids is 1. The van der Waals surface area contributed by atoms with E-state index in [2.05, 4.69) is 15.3 Å². The van der Waals surface area contributed by atoms with Crippen LogP contribution in [0, 0.1) is 5.82 Å². The number of hydrogen-bond donors (Lipinski definition) is 2. The summed E-state index contributed by atoms with van der Waals surface area (Å²) >= 11 is 7.38. The van der Waals surface area contributed by atoms with Crippen LogP contribution < -0.4 is 5.32 Å². The molecular formula is C21H18ClF3N4O4S. The number of nitrogens with zero attached hydrogens (tertiary/aromatic N) is 3. The fourth-order valence-corrected chi connectivity index (χ4v) is 4.64. The van der Waals surface area contributed by atoms with Crippen molar-refractivity contribution in [3.05, 3.63) is 62.5 Å². The van der Waals surface area contributed by atoms with Gasteiger partial charge in [-0.25, -0.2) is 22.9 Å². The van der Waals surface area contributed by atoms with E-state index in [1.807, 2.05) is 0 Å². The Morgan fingerprint density at radius 2 is 2.24 bits per heavy atom. The van der Waals surface area contributed by atoms with Crippen molar-refractivity contribution < 1.29 is 34.0 Å². The summed E-state index contributed by atoms with van der Waals surface area (Å²) in [5, 5.41) is 14.1. The maximum Gasteiger partial charge on any atom is 0.338 e. The van der Waals surface area contributed by atoms with Crippen molar-refractivity contribution in [3.8, 4) is 0 Å². The Bertz CT molecular complexity index is 1240. The van der Waals surface area contributed by atoms with E-state index in [9.17, 15) is 29.2 Å². The molecule has 4 rings (SSSR count). The van der Waals surface area contributed by atoms with Crippen LogP contribution >= 0.6 is 22.9 Å². The lowest BCUT2D eigenvalue weighted by molar-refractivity contribution is -0.142. The van der Waals surface area contributed by atoms with E-state index in [-0.39, 0.29) is 22.1 Å². The number of hydrogen-bond acceptors (Lipinski definition) is 8. The molecule has 2 aromatic rings. The van der Waals surface area contributed by atoms with Gasteiger partial charge in [0.2, 0.25) is 0 Å². The summed E-state index contributed by atoms with van der Waals surface area (Å²) in [5.41, 5.74) is -0.569. The number of aromatic nitrogens is 1. The number of carboxylic acids is 1. The van der Waals surface area contributed by atoms with Crippen LogP contribution in [-0.2, 0) is 14.3 Å². The lowest BCUT2D eigenvalue weighted by Gasteiger charge is -2.30. The molecule has 1 aromatic heterocycles. The van der Waals surface area contributed by atoms with Crippen molar-refractivity contribution in [1.29, 1.82) is 0 Å². The lowest BCUT2D eigenvalue weighted by Crippen LogP contribution is -2.43. The number of alkyl halides is 2. The Hall–Kier alpha value is -2.96. The highest BCUT2D eigenvalue weighted by molar-refractivity contribution is 7.11. The molecule has 0 saturated carbocycles. The second-order valence-corrected chi connectivity index (χ2v) is 8.86. The molecule has 0 unspecified atom stereocenters. The van der Waals surface area contributed by atoms with Gasteiger partial charge in [-0.15, -0.1) is 11.3 Å². The first-order valence-electron chi connectivity index (χ1n) is 10.3. The van der Waals surface area contributed by atoms with Crippen molar-refractivity contribution >= 4 is 40.7 Å². The highest BCUT2D eigenvalue weighted by atomic mass is 35.5. The van der Waals surface area contributed by atoms with Crippen LogP contribution in [0.2, 0.25) is 5.02 Å². The summed E-state index contributed by atoms with van der Waals surface area (Å²) in [5.74, 6) is -6.41. The maximum absolute atomic E-state index is 14.1. The van der Waals surface area contributed by atoms with Crippen LogP contribution in [0.1, 0.15) is 24.4 Å². The Morgan fingerprint density at radius 1 is 1.47 bits per heavy atom. The molecular weight excluding hydrogens is 497 g/mol. The molecule has 1 saturated heterocycles. The number of benzene rings is 1. The fourth-order valence-electron chi connectivity index (χ4n) is 3.80. The second-order valence-electron chi connectivity index (χ2n) is 7.56. The van der Waals surface area contributed by atoms with Gasteiger partial charge in [0.15, 0.2) is 10.8 Å². The molecule has 3 heterocycles. The Kier molecular flexibility index (Phi) is 6.28. The number of carbonyl (C=O) groups is 2. The van der Waals surface area contributed by atoms with Crippen molar-refractivity contribution in [3.63, 3.8) is 0 Å². The van der Waals surface area contributed by atoms with Gasteiger partial charge in [-0.2, -0.15) is 0 Å². The Balaban J connectivity index is 1.90. The average Bonchev–Trinajstić information content (AvgIpc) is 3.40. The van der Waals surface area contributed by atoms with Crippen LogP contribution in [0.25, 0.3) is 0 Å². The molecule has 180 valence electrons. The maximum atomic E-state index is 14.1. The predicted molar refractivity (Wildman–Crippen MR) is 118 cm³/mol. The summed E-state index contributed by atoms with van der Waals surface area (Å²) in [7, 11) is 1.06. The quantitative estimate of drug-likeness (QED) is 0.569. The number of ether oxygens (including phenoxy) is 1. The lowest BCUT2D eigenvalue weighted by atomic mass is 9.95. The zero-order valence-corrected chi connectivity index (χ0v) is 19.1. The van der Waals surface area contributed by atoms with E-state index in [0.717, 1.165) is 35.5 Å². The van der Waals surface area contributed by atoms with Crippen LogP contribution in [0.4, 0.5) is 13.2 Å². The van der Waals surface area contributed by atoms with Crippen LogP contribution in [0.5, 0.6) is 0 Å². The number of aliphatic imine (C=N–C) groups is 1. The van der Waals surface area contributed by atoms with Gasteiger partial charge in [0.05, 0.1) is 20.6 Å². The SMILES string of the molecule is [2H][C@@]1(c2ccc(F)cc2Cl)N=C(c2nccs2)NC(CN2CC(F)(F)C[C@H]2C(=O)O)=C1C(=O)OC. The van der Waals surface area contributed by atoms with Gasteiger partial charge in [-0.1, -0.05) is 17.7 Å². The summed E-state index contributed by atoms with van der Waals surface area (Å²) < 4.78 is 56.1. The molecule has 2 aliphatic rings. The molecule has 2 N–H and O–H groups in total. The smallest absolute Gasteiger partial charge is 0.338 e. The minimum Gasteiger partial charge on any atom is -0.480 e. The molecule has 0 aliphatic carbocycles. The van der Waals surface area contributed by atoms with E-state index >= 15 is 0 Å². The predicted octanol–water partition coefficient (Wildman–Crippen LogP) is 3.25. The summed E-state index contributed by atoms with van der Waals surface area (Å²) in [6, 6.07) is -0.655. The van der Waals surface area contributed by atoms with Crippen molar-refractivity contribution in [1.82, 2.24) is 15.2 Å². The van der Waals surface area contributed by atoms with E-state index < -0.39 is 60.8 Å². The van der Waals surface area contributed by atoms with Crippen LogP contribution in [0.3, 0.4) is 0 Å². The first kappa shape index (κ1) is 22.8. The van der Waals surface area contributed by atoms with Crippen LogP contribution in [0.15, 0.2) is 46.0 Å². The molecule has 13 heteroatoms. The molecule has 34 heavy (non-hydrogen) atoms. The number of halogens is 4. The first-order valence-corrected chi connectivity index (χ1v) is 11.1. The third kappa shape index (κ3) is 4.79. The third-order valence-electron chi connectivity index (χ3n) is 5.26. The highest BCUT2D eigenvalue weighted by Gasteiger charge is 2.49. The molecule has 1 aromatic carbocycles. The zero-order chi connectivity index (χ0) is 25.5. The number of nitrogens with one attached hydrogen (secondary N) is 1. The van der Waals surface area contributed by atoms with Gasteiger partial charge in [-0.05, 0) is 12.1 Å². The molecule has 8 nitrogen and oxygen atoms in total. The Labute approximate surface area is 202 Å². The van der Waals surface area contributed by atoms with Gasteiger partial charge in [-0.3, -0.25) is 14.7 Å². The molecule has 0 spiro atoms. The fraction of sp³-hybridized carbons (Fsp3) is 0.333. The standard InChI is InChI=1S/C21H18ClF3N4O4S/c1-33-20(32)15-13(8-29-9-21(24,25)7-14(29)19(30)31)27-17(18-26-4-5-34-18)28-16(15)11-3-2-10(23)6-12(11)22/h2-6,14,16H,7-9H2,1H3,(H,27,28)(H,30,31)/t14-,16-/m0/s1/i16D.